The van der Waals surface area contributed by atoms with Crippen LogP contribution in [0.4, 0.5) is 26.2 Å². The zero-order valence-corrected chi connectivity index (χ0v) is 12.1. The molecule has 2 aromatic carbocycles. The molecule has 108 valence electrons. The van der Waals surface area contributed by atoms with E-state index in [1.807, 2.05) is 0 Å². The van der Waals surface area contributed by atoms with E-state index in [2.05, 4.69) is 26.6 Å². The number of nitrogens with one attached hydrogen (secondary N) is 2. The molecular formula is C13H9BrFN3O3. The van der Waals surface area contributed by atoms with E-state index in [9.17, 15) is 19.3 Å². The maximum Gasteiger partial charge on any atom is 0.323 e. The summed E-state index contributed by atoms with van der Waals surface area (Å²) in [5.41, 5.74) is 0.389. The topological polar surface area (TPSA) is 84.3 Å². The molecule has 8 heteroatoms. The Morgan fingerprint density at radius 1 is 1.14 bits per heavy atom. The minimum atomic E-state index is -0.628. The van der Waals surface area contributed by atoms with E-state index in [1.165, 1.54) is 36.4 Å². The number of carbonyl (C=O) groups excluding carboxylic acids is 1. The van der Waals surface area contributed by atoms with Gasteiger partial charge in [0, 0.05) is 23.5 Å². The Morgan fingerprint density at radius 2 is 1.81 bits per heavy atom. The van der Waals surface area contributed by atoms with Crippen LogP contribution in [-0.2, 0) is 0 Å². The van der Waals surface area contributed by atoms with Gasteiger partial charge < -0.3 is 10.6 Å². The molecule has 6 nitrogen and oxygen atoms in total. The molecule has 0 aliphatic rings. The molecule has 0 saturated heterocycles. The molecule has 2 amide bonds. The van der Waals surface area contributed by atoms with Gasteiger partial charge in [-0.25, -0.2) is 9.18 Å². The van der Waals surface area contributed by atoms with Crippen LogP contribution in [0.15, 0.2) is 46.9 Å². The van der Waals surface area contributed by atoms with Crippen LogP contribution in [0.5, 0.6) is 0 Å². The molecule has 21 heavy (non-hydrogen) atoms. The van der Waals surface area contributed by atoms with Crippen LogP contribution in [0, 0.1) is 15.9 Å². The van der Waals surface area contributed by atoms with Crippen LogP contribution >= 0.6 is 15.9 Å². The van der Waals surface area contributed by atoms with Gasteiger partial charge in [-0.05, 0) is 40.2 Å². The lowest BCUT2D eigenvalue weighted by molar-refractivity contribution is -0.384. The quantitative estimate of drug-likeness (QED) is 0.642. The van der Waals surface area contributed by atoms with Gasteiger partial charge in [0.1, 0.15) is 5.82 Å². The number of halogens is 2. The number of rotatable bonds is 3. The van der Waals surface area contributed by atoms with Crippen molar-refractivity contribution in [2.24, 2.45) is 0 Å². The Hall–Kier alpha value is -2.48. The van der Waals surface area contributed by atoms with Crippen LogP contribution in [-0.4, -0.2) is 11.0 Å². The Balaban J connectivity index is 2.06. The number of nitro benzene ring substituents is 1. The smallest absolute Gasteiger partial charge is 0.308 e. The number of hydrogen-bond acceptors (Lipinski definition) is 3. The fourth-order valence-electron chi connectivity index (χ4n) is 1.56. The molecule has 0 aromatic heterocycles. The number of amides is 2. The molecule has 0 atom stereocenters. The Kier molecular flexibility index (Phi) is 4.49. The van der Waals surface area contributed by atoms with Gasteiger partial charge >= 0.3 is 6.03 Å². The first-order valence-electron chi connectivity index (χ1n) is 5.73. The van der Waals surface area contributed by atoms with Crippen molar-refractivity contribution in [3.05, 3.63) is 62.9 Å². The van der Waals surface area contributed by atoms with E-state index in [-0.39, 0.29) is 21.5 Å². The number of nitro groups is 1. The summed E-state index contributed by atoms with van der Waals surface area (Å²) in [6.07, 6.45) is 0. The van der Waals surface area contributed by atoms with Gasteiger partial charge in [0.05, 0.1) is 9.40 Å². The molecule has 0 spiro atoms. The second kappa shape index (κ2) is 6.31. The fraction of sp³-hybridized carbons (Fsp3) is 0. The van der Waals surface area contributed by atoms with Crippen LogP contribution in [0.1, 0.15) is 0 Å². The number of urea groups is 1. The number of nitrogens with zero attached hydrogens (tertiary/aromatic N) is 1. The summed E-state index contributed by atoms with van der Waals surface area (Å²) < 4.78 is 13.6. The summed E-state index contributed by atoms with van der Waals surface area (Å²) in [6, 6.07) is 8.99. The van der Waals surface area contributed by atoms with Gasteiger partial charge in [-0.15, -0.1) is 0 Å². The molecule has 0 heterocycles. The second-order valence-electron chi connectivity index (χ2n) is 4.02. The zero-order chi connectivity index (χ0) is 15.4. The maximum absolute atomic E-state index is 13.3. The second-order valence-corrected chi connectivity index (χ2v) is 4.87. The van der Waals surface area contributed by atoms with E-state index in [0.717, 1.165) is 6.07 Å². The third-order valence-corrected chi connectivity index (χ3v) is 3.14. The van der Waals surface area contributed by atoms with Crippen LogP contribution in [0.2, 0.25) is 0 Å². The van der Waals surface area contributed by atoms with E-state index in [4.69, 9.17) is 0 Å². The van der Waals surface area contributed by atoms with Crippen LogP contribution < -0.4 is 10.6 Å². The van der Waals surface area contributed by atoms with E-state index in [1.54, 1.807) is 0 Å². The SMILES string of the molecule is O=C(Nc1cccc([N+](=O)[O-])c1)Nc1ccc(Br)c(F)c1. The first-order valence-corrected chi connectivity index (χ1v) is 6.52. The molecule has 0 saturated carbocycles. The normalized spacial score (nSPS) is 10.0. The zero-order valence-electron chi connectivity index (χ0n) is 10.5. The monoisotopic (exact) mass is 353 g/mol. The third kappa shape index (κ3) is 3.99. The predicted molar refractivity (Wildman–Crippen MR) is 79.8 cm³/mol. The number of hydrogen-bond donors (Lipinski definition) is 2. The van der Waals surface area contributed by atoms with Gasteiger partial charge in [0.2, 0.25) is 0 Å². The Labute approximate surface area is 127 Å². The van der Waals surface area contributed by atoms with Crippen LogP contribution in [0.25, 0.3) is 0 Å². The molecular weight excluding hydrogens is 345 g/mol. The summed E-state index contributed by atoms with van der Waals surface area (Å²) >= 11 is 3.00. The van der Waals surface area contributed by atoms with Crippen molar-refractivity contribution >= 4 is 39.0 Å². The summed E-state index contributed by atoms with van der Waals surface area (Å²) in [6.45, 7) is 0. The van der Waals surface area contributed by atoms with Gasteiger partial charge in [-0.2, -0.15) is 0 Å². The Morgan fingerprint density at radius 3 is 2.43 bits per heavy atom. The molecule has 0 bridgehead atoms. The first-order chi connectivity index (χ1) is 9.95. The van der Waals surface area contributed by atoms with Crippen molar-refractivity contribution < 1.29 is 14.1 Å². The highest BCUT2D eigenvalue weighted by Crippen LogP contribution is 2.20. The first kappa shape index (κ1) is 14.9. The van der Waals surface area contributed by atoms with E-state index < -0.39 is 16.8 Å². The highest BCUT2D eigenvalue weighted by atomic mass is 79.9. The lowest BCUT2D eigenvalue weighted by atomic mass is 10.3. The minimum absolute atomic E-state index is 0.137. The number of carbonyl (C=O) groups is 1. The molecule has 2 rings (SSSR count). The van der Waals surface area contributed by atoms with Crippen molar-refractivity contribution in [1.82, 2.24) is 0 Å². The molecule has 0 aliphatic heterocycles. The third-order valence-electron chi connectivity index (χ3n) is 2.49. The summed E-state index contributed by atoms with van der Waals surface area (Å²) in [5.74, 6) is -0.511. The average Bonchev–Trinajstić information content (AvgIpc) is 2.43. The lowest BCUT2D eigenvalue weighted by Gasteiger charge is -2.08. The van der Waals surface area contributed by atoms with E-state index in [0.29, 0.717) is 0 Å². The van der Waals surface area contributed by atoms with Gasteiger partial charge in [-0.1, -0.05) is 6.07 Å². The molecule has 2 N–H and O–H groups in total. The summed E-state index contributed by atoms with van der Waals surface area (Å²) in [4.78, 5) is 21.8. The van der Waals surface area contributed by atoms with Crippen molar-refractivity contribution in [1.29, 1.82) is 0 Å². The van der Waals surface area contributed by atoms with E-state index >= 15 is 0 Å². The van der Waals surface area contributed by atoms with Crippen LogP contribution in [0.3, 0.4) is 0 Å². The number of benzene rings is 2. The highest BCUT2D eigenvalue weighted by Gasteiger charge is 2.09. The van der Waals surface area contributed by atoms with Crippen molar-refractivity contribution in [2.45, 2.75) is 0 Å². The molecule has 0 aliphatic carbocycles. The molecule has 0 radical (unpaired) electrons. The van der Waals surface area contributed by atoms with Gasteiger partial charge in [0.15, 0.2) is 0 Å². The number of anilines is 2. The predicted octanol–water partition coefficient (Wildman–Crippen LogP) is 4.14. The maximum atomic E-state index is 13.3. The fourth-order valence-corrected chi connectivity index (χ4v) is 1.81. The van der Waals surface area contributed by atoms with Crippen molar-refractivity contribution in [2.75, 3.05) is 10.6 Å². The molecule has 0 unspecified atom stereocenters. The van der Waals surface area contributed by atoms with Crippen molar-refractivity contribution in [3.8, 4) is 0 Å². The highest BCUT2D eigenvalue weighted by molar-refractivity contribution is 9.10. The largest absolute Gasteiger partial charge is 0.323 e. The summed E-state index contributed by atoms with van der Waals surface area (Å²) in [7, 11) is 0. The standard InChI is InChI=1S/C13H9BrFN3O3/c14-11-5-4-9(7-12(11)15)17-13(19)16-8-2-1-3-10(6-8)18(20)21/h1-7H,(H2,16,17,19). The Bertz CT molecular complexity index is 709. The van der Waals surface area contributed by atoms with Crippen molar-refractivity contribution in [3.63, 3.8) is 0 Å². The van der Waals surface area contributed by atoms with Gasteiger partial charge in [-0.3, -0.25) is 10.1 Å². The minimum Gasteiger partial charge on any atom is -0.308 e. The number of non-ortho nitro benzene ring substituents is 1. The lowest BCUT2D eigenvalue weighted by Crippen LogP contribution is -2.19. The summed E-state index contributed by atoms with van der Waals surface area (Å²) in [5, 5.41) is 15.5. The molecule has 2 aromatic rings. The average molecular weight is 354 g/mol. The van der Waals surface area contributed by atoms with Gasteiger partial charge in [0.25, 0.3) is 5.69 Å². The molecule has 0 fully saturated rings.